The Morgan fingerprint density at radius 1 is 1.13 bits per heavy atom. The minimum absolute atomic E-state index is 1.09. The molecule has 1 aromatic heterocycles. The molecule has 0 aliphatic heterocycles. The van der Waals surface area contributed by atoms with E-state index in [1.807, 2.05) is 6.07 Å². The second-order valence-corrected chi connectivity index (χ2v) is 3.95. The van der Waals surface area contributed by atoms with E-state index in [0.717, 1.165) is 13.0 Å². The second-order valence-electron chi connectivity index (χ2n) is 3.20. The standard InChI is InChI=1S/C8H10.C5H8NS/c1-2-8-6-4-3-5-7-8;1-2-6-3-4-7-5-6/h3-7H,2H2,1H3;3-5H,2H2,1H3/q;+1. The summed E-state index contributed by atoms with van der Waals surface area (Å²) in [5.41, 5.74) is 3.51. The number of nitrogens with zero attached hydrogens (tertiary/aromatic N) is 1. The SMILES string of the molecule is CC[n+]1ccsc1.CCc1ccccc1. The molecule has 0 N–H and O–H groups in total. The maximum atomic E-state index is 2.16. The molecule has 2 aromatic rings. The first-order valence-corrected chi connectivity index (χ1v) is 6.26. The van der Waals surface area contributed by atoms with Gasteiger partial charge in [0.1, 0.15) is 6.54 Å². The molecule has 0 fully saturated rings. The van der Waals surface area contributed by atoms with Crippen LogP contribution in [0.4, 0.5) is 0 Å². The van der Waals surface area contributed by atoms with E-state index in [4.69, 9.17) is 0 Å². The van der Waals surface area contributed by atoms with Crippen LogP contribution in [-0.4, -0.2) is 0 Å². The third-order valence-electron chi connectivity index (χ3n) is 2.14. The molecule has 0 spiro atoms. The highest BCUT2D eigenvalue weighted by Gasteiger charge is 1.89. The van der Waals surface area contributed by atoms with Gasteiger partial charge in [0.05, 0.1) is 5.38 Å². The van der Waals surface area contributed by atoms with Crippen molar-refractivity contribution in [3.05, 3.63) is 53.0 Å². The van der Waals surface area contributed by atoms with E-state index >= 15 is 0 Å². The van der Waals surface area contributed by atoms with Gasteiger partial charge in [-0.25, -0.2) is 0 Å². The number of rotatable bonds is 2. The molecule has 0 saturated carbocycles. The Kier molecular flexibility index (Phi) is 5.71. The largest absolute Gasteiger partial charge is 0.224 e. The van der Waals surface area contributed by atoms with Gasteiger partial charge in [0.2, 0.25) is 5.51 Å². The lowest BCUT2D eigenvalue weighted by Gasteiger charge is -1.89. The number of thiazole rings is 1. The molecule has 0 radical (unpaired) electrons. The third kappa shape index (κ3) is 4.75. The predicted molar refractivity (Wildman–Crippen MR) is 66.0 cm³/mol. The second kappa shape index (κ2) is 7.18. The van der Waals surface area contributed by atoms with Crippen LogP contribution in [0.5, 0.6) is 0 Å². The summed E-state index contributed by atoms with van der Waals surface area (Å²) in [5.74, 6) is 0. The third-order valence-corrected chi connectivity index (χ3v) is 2.81. The lowest BCUT2D eigenvalue weighted by atomic mass is 10.2. The van der Waals surface area contributed by atoms with E-state index in [2.05, 4.69) is 59.8 Å². The normalized spacial score (nSPS) is 9.20. The van der Waals surface area contributed by atoms with Crippen molar-refractivity contribution in [1.82, 2.24) is 0 Å². The Balaban J connectivity index is 0.000000151. The maximum Gasteiger partial charge on any atom is 0.224 e. The first-order chi connectivity index (χ1) is 7.36. The van der Waals surface area contributed by atoms with Gasteiger partial charge in [0, 0.05) is 0 Å². The molecule has 0 bridgehead atoms. The average molecular weight is 220 g/mol. The lowest BCUT2D eigenvalue weighted by molar-refractivity contribution is -0.688. The van der Waals surface area contributed by atoms with Crippen molar-refractivity contribution in [2.75, 3.05) is 0 Å². The minimum atomic E-state index is 1.09. The van der Waals surface area contributed by atoms with Crippen LogP contribution in [0.1, 0.15) is 19.4 Å². The van der Waals surface area contributed by atoms with E-state index in [0.29, 0.717) is 0 Å². The van der Waals surface area contributed by atoms with Gasteiger partial charge in [0.25, 0.3) is 0 Å². The summed E-state index contributed by atoms with van der Waals surface area (Å²) in [7, 11) is 0. The van der Waals surface area contributed by atoms with Crippen molar-refractivity contribution in [1.29, 1.82) is 0 Å². The minimum Gasteiger partial charge on any atom is -0.196 e. The lowest BCUT2D eigenvalue weighted by Crippen LogP contribution is -2.27. The Hall–Kier alpha value is -1.15. The van der Waals surface area contributed by atoms with Crippen molar-refractivity contribution < 1.29 is 4.57 Å². The smallest absolute Gasteiger partial charge is 0.196 e. The Morgan fingerprint density at radius 2 is 1.87 bits per heavy atom. The van der Waals surface area contributed by atoms with Gasteiger partial charge < -0.3 is 0 Å². The van der Waals surface area contributed by atoms with Gasteiger partial charge in [0.15, 0.2) is 6.20 Å². The summed E-state index contributed by atoms with van der Waals surface area (Å²) in [5, 5.41) is 2.07. The summed E-state index contributed by atoms with van der Waals surface area (Å²) in [6.07, 6.45) is 3.21. The van der Waals surface area contributed by atoms with Crippen LogP contribution in [0.25, 0.3) is 0 Å². The van der Waals surface area contributed by atoms with Gasteiger partial charge in [-0.3, -0.25) is 0 Å². The predicted octanol–water partition coefficient (Wildman–Crippen LogP) is 3.30. The van der Waals surface area contributed by atoms with Crippen molar-refractivity contribution in [3.8, 4) is 0 Å². The first-order valence-electron chi connectivity index (χ1n) is 5.32. The zero-order valence-electron chi connectivity index (χ0n) is 9.39. The van der Waals surface area contributed by atoms with E-state index < -0.39 is 0 Å². The molecule has 0 unspecified atom stereocenters. The average Bonchev–Trinajstić information content (AvgIpc) is 2.84. The molecule has 2 heteroatoms. The molecule has 0 saturated heterocycles. The fourth-order valence-electron chi connectivity index (χ4n) is 1.16. The van der Waals surface area contributed by atoms with E-state index in [9.17, 15) is 0 Å². The molecular formula is C13H18NS+. The van der Waals surface area contributed by atoms with Crippen LogP contribution in [0.2, 0.25) is 0 Å². The van der Waals surface area contributed by atoms with Crippen LogP contribution in [-0.2, 0) is 13.0 Å². The molecule has 1 aromatic carbocycles. The molecule has 1 nitrogen and oxygen atoms in total. The van der Waals surface area contributed by atoms with Crippen LogP contribution in [0, 0.1) is 0 Å². The fraction of sp³-hybridized carbons (Fsp3) is 0.308. The molecule has 15 heavy (non-hydrogen) atoms. The van der Waals surface area contributed by atoms with Crippen LogP contribution >= 0.6 is 11.3 Å². The van der Waals surface area contributed by atoms with Crippen molar-refractivity contribution in [3.63, 3.8) is 0 Å². The maximum absolute atomic E-state index is 2.16. The number of aromatic nitrogens is 1. The van der Waals surface area contributed by atoms with Gasteiger partial charge in [-0.15, -0.1) is 0 Å². The summed E-state index contributed by atoms with van der Waals surface area (Å²) in [4.78, 5) is 0. The summed E-state index contributed by atoms with van der Waals surface area (Å²) >= 11 is 1.73. The summed E-state index contributed by atoms with van der Waals surface area (Å²) in [6, 6.07) is 10.5. The van der Waals surface area contributed by atoms with Crippen molar-refractivity contribution >= 4 is 11.3 Å². The topological polar surface area (TPSA) is 3.88 Å². The number of hydrogen-bond donors (Lipinski definition) is 0. The molecule has 0 amide bonds. The Bertz CT molecular complexity index is 340. The van der Waals surface area contributed by atoms with E-state index in [1.165, 1.54) is 5.56 Å². The molecule has 0 aliphatic carbocycles. The van der Waals surface area contributed by atoms with Crippen LogP contribution < -0.4 is 4.57 Å². The van der Waals surface area contributed by atoms with Crippen molar-refractivity contribution in [2.45, 2.75) is 26.8 Å². The summed E-state index contributed by atoms with van der Waals surface area (Å²) < 4.78 is 2.14. The highest BCUT2D eigenvalue weighted by atomic mass is 32.1. The molecule has 2 rings (SSSR count). The Labute approximate surface area is 96.0 Å². The highest BCUT2D eigenvalue weighted by molar-refractivity contribution is 7.07. The quantitative estimate of drug-likeness (QED) is 0.684. The van der Waals surface area contributed by atoms with Gasteiger partial charge in [-0.1, -0.05) is 48.6 Å². The summed E-state index contributed by atoms with van der Waals surface area (Å²) in [6.45, 7) is 5.38. The highest BCUT2D eigenvalue weighted by Crippen LogP contribution is 1.96. The first kappa shape index (κ1) is 11.9. The molecule has 80 valence electrons. The van der Waals surface area contributed by atoms with Gasteiger partial charge >= 0.3 is 0 Å². The number of hydrogen-bond acceptors (Lipinski definition) is 1. The zero-order valence-corrected chi connectivity index (χ0v) is 10.2. The Morgan fingerprint density at radius 3 is 2.20 bits per heavy atom. The van der Waals surface area contributed by atoms with Crippen molar-refractivity contribution in [2.24, 2.45) is 0 Å². The van der Waals surface area contributed by atoms with Crippen LogP contribution in [0.15, 0.2) is 47.4 Å². The van der Waals surface area contributed by atoms with E-state index in [1.54, 1.807) is 11.3 Å². The fourth-order valence-corrected chi connectivity index (χ4v) is 1.83. The van der Waals surface area contributed by atoms with Gasteiger partial charge in [-0.2, -0.15) is 4.57 Å². The van der Waals surface area contributed by atoms with Crippen LogP contribution in [0.3, 0.4) is 0 Å². The van der Waals surface area contributed by atoms with E-state index in [-0.39, 0.29) is 0 Å². The monoisotopic (exact) mass is 220 g/mol. The van der Waals surface area contributed by atoms with Gasteiger partial charge in [-0.05, 0) is 18.9 Å². The number of aryl methyl sites for hydroxylation is 2. The molecule has 1 heterocycles. The number of benzene rings is 1. The molecular weight excluding hydrogens is 202 g/mol. The molecule has 0 aliphatic rings. The zero-order chi connectivity index (χ0) is 10.9. The molecule has 0 atom stereocenters.